The molecule has 0 fully saturated rings. The van der Waals surface area contributed by atoms with Gasteiger partial charge in [-0.2, -0.15) is 5.10 Å². The number of nitrogens with one attached hydrogen (secondary N) is 1. The van der Waals surface area contributed by atoms with Crippen LogP contribution in [0.2, 0.25) is 0 Å². The van der Waals surface area contributed by atoms with E-state index in [9.17, 15) is 4.79 Å². The van der Waals surface area contributed by atoms with Crippen molar-refractivity contribution >= 4 is 49.1 Å². The summed E-state index contributed by atoms with van der Waals surface area (Å²) in [4.78, 5) is 14.4. The number of rotatable bonds is 5. The first-order valence-electron chi connectivity index (χ1n) is 8.78. The van der Waals surface area contributed by atoms with E-state index >= 15 is 0 Å². The van der Waals surface area contributed by atoms with Crippen molar-refractivity contribution in [3.63, 3.8) is 0 Å². The molecule has 0 aliphatic rings. The Morgan fingerprint density at radius 1 is 1.10 bits per heavy atom. The first kappa shape index (κ1) is 19.5. The number of hydrogen-bond acceptors (Lipinski definition) is 5. The highest BCUT2D eigenvalue weighted by molar-refractivity contribution is 9.10. The number of benzene rings is 2. The zero-order valence-electron chi connectivity index (χ0n) is 16.0. The molecule has 0 saturated carbocycles. The molecule has 1 amide bonds. The largest absolute Gasteiger partial charge is 0.497 e. The molecular formula is C21H18BrN3O3S. The molecule has 29 heavy (non-hydrogen) atoms. The minimum atomic E-state index is -0.209. The van der Waals surface area contributed by atoms with Gasteiger partial charge in [-0.3, -0.25) is 4.79 Å². The van der Waals surface area contributed by atoms with Crippen molar-refractivity contribution in [3.05, 3.63) is 63.6 Å². The Bertz CT molecular complexity index is 1200. The zero-order valence-corrected chi connectivity index (χ0v) is 18.4. The number of carbonyl (C=O) groups is 1. The summed E-state index contributed by atoms with van der Waals surface area (Å²) in [6, 6.07) is 15.0. The van der Waals surface area contributed by atoms with Crippen LogP contribution in [0.15, 0.2) is 53.0 Å². The Morgan fingerprint density at radius 2 is 1.86 bits per heavy atom. The number of thiophene rings is 1. The van der Waals surface area contributed by atoms with E-state index in [1.54, 1.807) is 32.4 Å². The van der Waals surface area contributed by atoms with E-state index in [1.807, 2.05) is 41.9 Å². The Kier molecular flexibility index (Phi) is 5.29. The molecule has 0 spiro atoms. The van der Waals surface area contributed by atoms with Gasteiger partial charge in [-0.1, -0.05) is 15.9 Å². The van der Waals surface area contributed by atoms with Gasteiger partial charge in [0.2, 0.25) is 0 Å². The monoisotopic (exact) mass is 471 g/mol. The first-order valence-corrected chi connectivity index (χ1v) is 10.4. The van der Waals surface area contributed by atoms with E-state index in [0.29, 0.717) is 22.1 Å². The van der Waals surface area contributed by atoms with Gasteiger partial charge in [0.15, 0.2) is 0 Å². The number of aromatic nitrogens is 2. The van der Waals surface area contributed by atoms with Crippen molar-refractivity contribution in [2.75, 3.05) is 19.5 Å². The van der Waals surface area contributed by atoms with Crippen molar-refractivity contribution in [1.29, 1.82) is 0 Å². The van der Waals surface area contributed by atoms with Crippen LogP contribution in [0.1, 0.15) is 15.4 Å². The summed E-state index contributed by atoms with van der Waals surface area (Å²) in [5.74, 6) is 0.996. The fourth-order valence-corrected chi connectivity index (χ4v) is 4.35. The number of carbonyl (C=O) groups excluding carboxylic acids is 1. The molecule has 0 radical (unpaired) electrons. The molecule has 0 saturated heterocycles. The highest BCUT2D eigenvalue weighted by atomic mass is 79.9. The predicted molar refractivity (Wildman–Crippen MR) is 119 cm³/mol. The Hall–Kier alpha value is -2.84. The van der Waals surface area contributed by atoms with Gasteiger partial charge in [0.25, 0.3) is 5.91 Å². The second kappa shape index (κ2) is 7.88. The average Bonchev–Trinajstić information content (AvgIpc) is 3.29. The van der Waals surface area contributed by atoms with Crippen LogP contribution < -0.4 is 14.8 Å². The fraction of sp³-hybridized carbons (Fsp3) is 0.143. The van der Waals surface area contributed by atoms with E-state index in [2.05, 4.69) is 26.3 Å². The second-order valence-corrected chi connectivity index (χ2v) is 8.27. The number of amides is 1. The van der Waals surface area contributed by atoms with Gasteiger partial charge < -0.3 is 14.8 Å². The maximum atomic E-state index is 12.9. The summed E-state index contributed by atoms with van der Waals surface area (Å²) in [5, 5.41) is 8.51. The molecular weight excluding hydrogens is 454 g/mol. The Labute approximate surface area is 180 Å². The van der Waals surface area contributed by atoms with Gasteiger partial charge in [0.1, 0.15) is 16.3 Å². The number of fused-ring (bicyclic) bond motifs is 1. The number of methoxy groups -OCH3 is 2. The third-order valence-corrected chi connectivity index (χ3v) is 6.13. The van der Waals surface area contributed by atoms with E-state index < -0.39 is 0 Å². The lowest BCUT2D eigenvalue weighted by Gasteiger charge is -2.11. The van der Waals surface area contributed by atoms with E-state index in [1.165, 1.54) is 11.3 Å². The molecule has 0 unspecified atom stereocenters. The topological polar surface area (TPSA) is 65.4 Å². The van der Waals surface area contributed by atoms with Gasteiger partial charge in [0.05, 0.1) is 36.2 Å². The second-order valence-electron chi connectivity index (χ2n) is 6.32. The van der Waals surface area contributed by atoms with E-state index in [4.69, 9.17) is 9.47 Å². The Balaban J connectivity index is 1.69. The van der Waals surface area contributed by atoms with Gasteiger partial charge in [-0.25, -0.2) is 4.68 Å². The number of anilines is 1. The van der Waals surface area contributed by atoms with Crippen LogP contribution in [0.4, 0.5) is 5.69 Å². The van der Waals surface area contributed by atoms with Gasteiger partial charge in [-0.05, 0) is 49.4 Å². The fourth-order valence-electron chi connectivity index (χ4n) is 3.01. The minimum Gasteiger partial charge on any atom is -0.497 e. The van der Waals surface area contributed by atoms with Crippen molar-refractivity contribution in [2.45, 2.75) is 6.92 Å². The minimum absolute atomic E-state index is 0.209. The van der Waals surface area contributed by atoms with Crippen molar-refractivity contribution in [1.82, 2.24) is 9.78 Å². The van der Waals surface area contributed by atoms with Crippen molar-refractivity contribution < 1.29 is 14.3 Å². The normalized spacial score (nSPS) is 10.9. The van der Waals surface area contributed by atoms with Crippen LogP contribution in [0.3, 0.4) is 0 Å². The summed E-state index contributed by atoms with van der Waals surface area (Å²) < 4.78 is 13.5. The summed E-state index contributed by atoms with van der Waals surface area (Å²) in [6.45, 7) is 1.94. The molecule has 2 heterocycles. The number of halogens is 1. The lowest BCUT2D eigenvalue weighted by molar-refractivity contribution is 0.103. The highest BCUT2D eigenvalue weighted by Crippen LogP contribution is 2.33. The molecule has 0 aliphatic carbocycles. The summed E-state index contributed by atoms with van der Waals surface area (Å²) in [7, 11) is 3.14. The van der Waals surface area contributed by atoms with Crippen LogP contribution in [-0.2, 0) is 0 Å². The molecule has 0 atom stereocenters. The predicted octanol–water partition coefficient (Wildman–Crippen LogP) is 5.43. The van der Waals surface area contributed by atoms with Gasteiger partial charge in [0, 0.05) is 15.9 Å². The third kappa shape index (κ3) is 3.73. The van der Waals surface area contributed by atoms with E-state index in [0.717, 1.165) is 26.1 Å². The molecule has 4 rings (SSSR count). The van der Waals surface area contributed by atoms with Crippen LogP contribution in [0.25, 0.3) is 15.9 Å². The average molecular weight is 472 g/mol. The van der Waals surface area contributed by atoms with Crippen molar-refractivity contribution in [2.24, 2.45) is 0 Å². The zero-order chi connectivity index (χ0) is 20.5. The van der Waals surface area contributed by atoms with Crippen LogP contribution >= 0.6 is 27.3 Å². The maximum Gasteiger partial charge on any atom is 0.265 e. The smallest absolute Gasteiger partial charge is 0.265 e. The molecule has 6 nitrogen and oxygen atoms in total. The standard InChI is InChI=1S/C21H18BrN3O3S/c1-12-16-11-19(20(26)23-17-10-15(27-2)8-9-18(17)28-3)29-21(16)25(24-12)14-6-4-13(22)5-7-14/h4-11H,1-3H3,(H,23,26). The van der Waals surface area contributed by atoms with Crippen LogP contribution in [0, 0.1) is 6.92 Å². The third-order valence-electron chi connectivity index (χ3n) is 4.49. The lowest BCUT2D eigenvalue weighted by atomic mass is 10.2. The maximum absolute atomic E-state index is 12.9. The number of aryl methyl sites for hydroxylation is 1. The molecule has 2 aromatic carbocycles. The molecule has 148 valence electrons. The number of ether oxygens (including phenoxy) is 2. The summed E-state index contributed by atoms with van der Waals surface area (Å²) >= 11 is 4.85. The number of nitrogens with zero attached hydrogens (tertiary/aromatic N) is 2. The number of hydrogen-bond donors (Lipinski definition) is 1. The molecule has 2 aromatic heterocycles. The molecule has 8 heteroatoms. The Morgan fingerprint density at radius 3 is 2.55 bits per heavy atom. The SMILES string of the molecule is COc1ccc(OC)c(NC(=O)c2cc3c(C)nn(-c4ccc(Br)cc4)c3s2)c1. The van der Waals surface area contributed by atoms with Gasteiger partial charge in [-0.15, -0.1) is 11.3 Å². The summed E-state index contributed by atoms with van der Waals surface area (Å²) in [5.41, 5.74) is 2.37. The highest BCUT2D eigenvalue weighted by Gasteiger charge is 2.18. The van der Waals surface area contributed by atoms with Crippen molar-refractivity contribution in [3.8, 4) is 17.2 Å². The molecule has 0 bridgehead atoms. The quantitative estimate of drug-likeness (QED) is 0.421. The van der Waals surface area contributed by atoms with Crippen LogP contribution in [0.5, 0.6) is 11.5 Å². The summed E-state index contributed by atoms with van der Waals surface area (Å²) in [6.07, 6.45) is 0. The van der Waals surface area contributed by atoms with Crippen LogP contribution in [-0.4, -0.2) is 29.9 Å². The molecule has 4 aromatic rings. The van der Waals surface area contributed by atoms with Gasteiger partial charge >= 0.3 is 0 Å². The molecule has 0 aliphatic heterocycles. The first-order chi connectivity index (χ1) is 14.0. The molecule has 1 N–H and O–H groups in total. The van der Waals surface area contributed by atoms with E-state index in [-0.39, 0.29) is 5.91 Å². The lowest BCUT2D eigenvalue weighted by Crippen LogP contribution is -2.11.